The largest absolute Gasteiger partial charge is 0.490 e. The van der Waals surface area contributed by atoms with E-state index in [4.69, 9.17) is 28.4 Å². The average Bonchev–Trinajstić information content (AvgIpc) is 0.708. The highest BCUT2D eigenvalue weighted by Crippen LogP contribution is 2.55. The first-order valence-corrected chi connectivity index (χ1v) is 40.9. The molecule has 0 spiro atoms. The number of nitro benzene ring substituents is 2. The van der Waals surface area contributed by atoms with Gasteiger partial charge in [0.25, 0.3) is 0 Å². The number of nitro groups is 2. The Morgan fingerprint density at radius 3 is 0.573 bits per heavy atom. The van der Waals surface area contributed by atoms with Gasteiger partial charge in [-0.15, -0.1) is 0 Å². The van der Waals surface area contributed by atoms with Gasteiger partial charge in [0.15, 0.2) is 23.0 Å². The molecule has 0 unspecified atom stereocenters. The summed E-state index contributed by atoms with van der Waals surface area (Å²) in [6.07, 6.45) is 61.9. The number of fused-ring (bicyclic) bond motifs is 6. The molecule has 0 fully saturated rings. The van der Waals surface area contributed by atoms with Crippen molar-refractivity contribution in [3.63, 3.8) is 0 Å². The Bertz CT molecular complexity index is 2400. The third-order valence-corrected chi connectivity index (χ3v) is 19.7. The summed E-state index contributed by atoms with van der Waals surface area (Å²) in [4.78, 5) is 28.1. The fourth-order valence-electron chi connectivity index (χ4n) is 13.8. The number of rotatable bonds is 68. The normalized spacial score (nSPS) is 11.6. The maximum atomic E-state index is 14.4. The van der Waals surface area contributed by atoms with E-state index >= 15 is 0 Å². The van der Waals surface area contributed by atoms with Gasteiger partial charge in [0.1, 0.15) is 0 Å². The molecule has 12 nitrogen and oxygen atoms in total. The standard InChI is InChI=1S/C84H142N2O10/c1-7-13-19-25-31-37-43-49-55-61-91-75-67-71-72(68-76(75)92-62-56-50-44-38-32-26-20-14-8-2)80-74(70-78(94-64-58-52-46-40-34-28-22-16-10-4)84(82(80)86(89)90)96-66-60-54-48-42-36-30-24-18-12-6)73-69-77(93-63-57-51-45-39-33-27-21-15-9-3)83(81(79(71)73)85(87)88)95-65-59-53-47-41-35-29-23-17-11-5/h67-70H,7-66H2,1-6H3. The summed E-state index contributed by atoms with van der Waals surface area (Å²) in [6, 6.07) is 7.49. The maximum absolute atomic E-state index is 14.4. The Kier molecular flexibility index (Phi) is 48.9. The predicted octanol–water partition coefficient (Wildman–Crippen LogP) is 28.4. The van der Waals surface area contributed by atoms with Gasteiger partial charge in [-0.05, 0) is 62.8 Å². The van der Waals surface area contributed by atoms with Crippen LogP contribution in [0.4, 0.5) is 11.4 Å². The molecule has 0 heterocycles. The van der Waals surface area contributed by atoms with Crippen molar-refractivity contribution >= 4 is 43.7 Å². The molecule has 4 rings (SSSR count). The van der Waals surface area contributed by atoms with Crippen LogP contribution in [0.3, 0.4) is 0 Å². The van der Waals surface area contributed by atoms with Crippen LogP contribution in [-0.2, 0) is 0 Å². The van der Waals surface area contributed by atoms with E-state index in [1.54, 1.807) is 0 Å². The van der Waals surface area contributed by atoms with Crippen molar-refractivity contribution in [2.24, 2.45) is 0 Å². The second-order valence-corrected chi connectivity index (χ2v) is 28.4. The predicted molar refractivity (Wildman–Crippen MR) is 409 cm³/mol. The van der Waals surface area contributed by atoms with Gasteiger partial charge in [0.05, 0.1) is 60.3 Å². The number of hydrogen-bond donors (Lipinski definition) is 0. The van der Waals surface area contributed by atoms with Crippen LogP contribution in [0.2, 0.25) is 0 Å². The molecule has 96 heavy (non-hydrogen) atoms. The first kappa shape index (κ1) is 83.7. The molecular weight excluding hydrogens is 1200 g/mol. The SMILES string of the molecule is CCCCCCCCCCCOc1cc2c(cc1OCCCCCCCCCCC)c1c([N+](=O)[O-])c(OCCCCCCCCCCC)c(OCCCCCCCCCCC)cc1c1cc(OCCCCCCCCCCC)c(OCCCCCCCCCCC)c([N+](=O)[O-])c21. The van der Waals surface area contributed by atoms with E-state index in [0.717, 1.165) is 128 Å². The molecule has 4 aromatic carbocycles. The monoisotopic (exact) mass is 1340 g/mol. The van der Waals surface area contributed by atoms with Crippen LogP contribution < -0.4 is 28.4 Å². The Morgan fingerprint density at radius 1 is 0.229 bits per heavy atom. The summed E-state index contributed by atoms with van der Waals surface area (Å²) in [5.41, 5.74) is -0.424. The maximum Gasteiger partial charge on any atom is 0.323 e. The number of ether oxygens (including phenoxy) is 6. The summed E-state index contributed by atoms with van der Waals surface area (Å²) >= 11 is 0. The summed E-state index contributed by atoms with van der Waals surface area (Å²) in [7, 11) is 0. The molecule has 0 aliphatic carbocycles. The molecular formula is C84H142N2O10. The van der Waals surface area contributed by atoms with Crippen molar-refractivity contribution in [3.8, 4) is 34.5 Å². The van der Waals surface area contributed by atoms with Crippen molar-refractivity contribution in [1.29, 1.82) is 0 Å². The molecule has 0 aromatic heterocycles. The second kappa shape index (κ2) is 56.1. The molecule has 0 bridgehead atoms. The smallest absolute Gasteiger partial charge is 0.323 e. The van der Waals surface area contributed by atoms with Crippen LogP contribution in [0.5, 0.6) is 34.5 Å². The van der Waals surface area contributed by atoms with Gasteiger partial charge in [0.2, 0.25) is 11.5 Å². The Labute approximate surface area is 586 Å². The van der Waals surface area contributed by atoms with Crippen LogP contribution in [0.1, 0.15) is 388 Å². The second-order valence-electron chi connectivity index (χ2n) is 28.4. The zero-order valence-corrected chi connectivity index (χ0v) is 62.7. The first-order valence-electron chi connectivity index (χ1n) is 40.9. The molecule has 0 saturated carbocycles. The quantitative estimate of drug-likeness (QED) is 0.0181. The molecule has 0 saturated heterocycles. The van der Waals surface area contributed by atoms with Gasteiger partial charge in [0, 0.05) is 21.5 Å². The zero-order chi connectivity index (χ0) is 68.7. The Balaban J connectivity index is 1.98. The molecule has 0 aliphatic heterocycles. The third kappa shape index (κ3) is 33.9. The molecule has 0 atom stereocenters. The number of hydrogen-bond acceptors (Lipinski definition) is 10. The van der Waals surface area contributed by atoms with Crippen LogP contribution in [0, 0.1) is 20.2 Å². The number of unbranched alkanes of at least 4 members (excludes halogenated alkanes) is 48. The Morgan fingerprint density at radius 2 is 0.385 bits per heavy atom. The van der Waals surface area contributed by atoms with Gasteiger partial charge in [-0.2, -0.15) is 0 Å². The fraction of sp³-hybridized carbons (Fsp3) is 0.786. The van der Waals surface area contributed by atoms with Crippen molar-refractivity contribution in [1.82, 2.24) is 0 Å². The average molecular weight is 1340 g/mol. The van der Waals surface area contributed by atoms with Crippen LogP contribution in [0.15, 0.2) is 24.3 Å². The van der Waals surface area contributed by atoms with E-state index in [1.807, 2.05) is 24.3 Å². The molecule has 12 heteroatoms. The fourth-order valence-corrected chi connectivity index (χ4v) is 13.8. The summed E-state index contributed by atoms with van der Waals surface area (Å²) in [6.45, 7) is 15.6. The van der Waals surface area contributed by atoms with Crippen LogP contribution >= 0.6 is 0 Å². The van der Waals surface area contributed by atoms with Gasteiger partial charge in [-0.1, -0.05) is 350 Å². The lowest BCUT2D eigenvalue weighted by Gasteiger charge is -2.21. The summed E-state index contributed by atoms with van der Waals surface area (Å²) in [5.74, 6) is 1.70. The molecule has 0 N–H and O–H groups in total. The minimum atomic E-state index is -0.319. The highest BCUT2D eigenvalue weighted by Gasteiger charge is 2.35. The lowest BCUT2D eigenvalue weighted by Crippen LogP contribution is -2.08. The van der Waals surface area contributed by atoms with Crippen molar-refractivity contribution in [3.05, 3.63) is 44.5 Å². The summed E-state index contributed by atoms with van der Waals surface area (Å²) in [5, 5.41) is 31.2. The molecule has 4 aromatic rings. The molecule has 0 amide bonds. The molecule has 548 valence electrons. The molecule has 0 aliphatic rings. The van der Waals surface area contributed by atoms with Crippen LogP contribution in [-0.4, -0.2) is 49.5 Å². The van der Waals surface area contributed by atoms with E-state index in [2.05, 4.69) is 41.5 Å². The lowest BCUT2D eigenvalue weighted by molar-refractivity contribution is -0.384. The highest BCUT2D eigenvalue weighted by atomic mass is 16.6. The highest BCUT2D eigenvalue weighted by molar-refractivity contribution is 6.31. The van der Waals surface area contributed by atoms with Gasteiger partial charge in [-0.25, -0.2) is 0 Å². The van der Waals surface area contributed by atoms with Crippen molar-refractivity contribution in [2.75, 3.05) is 39.6 Å². The van der Waals surface area contributed by atoms with E-state index in [9.17, 15) is 20.2 Å². The van der Waals surface area contributed by atoms with Gasteiger partial charge >= 0.3 is 11.4 Å². The number of benzene rings is 4. The molecule has 0 radical (unpaired) electrons. The first-order chi connectivity index (χ1) is 47.3. The van der Waals surface area contributed by atoms with Gasteiger partial charge in [-0.3, -0.25) is 20.2 Å². The van der Waals surface area contributed by atoms with Crippen LogP contribution in [0.25, 0.3) is 32.3 Å². The van der Waals surface area contributed by atoms with Gasteiger partial charge < -0.3 is 28.4 Å². The van der Waals surface area contributed by atoms with E-state index in [1.165, 1.54) is 218 Å². The Hall–Kier alpha value is -4.74. The minimum Gasteiger partial charge on any atom is -0.490 e. The van der Waals surface area contributed by atoms with Crippen molar-refractivity contribution in [2.45, 2.75) is 388 Å². The van der Waals surface area contributed by atoms with Crippen molar-refractivity contribution < 1.29 is 38.3 Å². The lowest BCUT2D eigenvalue weighted by atomic mass is 9.91. The minimum absolute atomic E-state index is 0.101. The topological polar surface area (TPSA) is 142 Å². The van der Waals surface area contributed by atoms with E-state index in [0.29, 0.717) is 70.2 Å². The zero-order valence-electron chi connectivity index (χ0n) is 62.7. The van der Waals surface area contributed by atoms with E-state index in [-0.39, 0.29) is 57.4 Å². The summed E-state index contributed by atoms with van der Waals surface area (Å²) < 4.78 is 40.7. The number of nitrogens with zero attached hydrogens (tertiary/aromatic N) is 2. The van der Waals surface area contributed by atoms with E-state index < -0.39 is 0 Å². The third-order valence-electron chi connectivity index (χ3n) is 19.7.